The number of carbonyl (C=O) groups excluding carboxylic acids is 1. The fourth-order valence-corrected chi connectivity index (χ4v) is 3.03. The molecule has 2 saturated carbocycles. The Hall–Kier alpha value is -0.850. The SMILES string of the molecule is CC.CC(=O)/C=C/C=C1CC2CCCCC2C1. The van der Waals surface area contributed by atoms with E-state index in [-0.39, 0.29) is 5.78 Å². The number of hydrogen-bond donors (Lipinski definition) is 0. The van der Waals surface area contributed by atoms with E-state index in [9.17, 15) is 4.79 Å². The molecule has 2 unspecified atom stereocenters. The van der Waals surface area contributed by atoms with Crippen molar-refractivity contribution < 1.29 is 4.79 Å². The van der Waals surface area contributed by atoms with Crippen molar-refractivity contribution in [3.05, 3.63) is 23.8 Å². The maximum atomic E-state index is 10.8. The van der Waals surface area contributed by atoms with Gasteiger partial charge in [0.25, 0.3) is 0 Å². The molecule has 17 heavy (non-hydrogen) atoms. The van der Waals surface area contributed by atoms with E-state index in [0.717, 1.165) is 11.8 Å². The predicted octanol–water partition coefficient (Wildman–Crippen LogP) is 4.68. The molecule has 1 heteroatoms. The van der Waals surface area contributed by atoms with E-state index in [1.165, 1.54) is 38.5 Å². The molecule has 1 nitrogen and oxygen atoms in total. The van der Waals surface area contributed by atoms with Gasteiger partial charge < -0.3 is 0 Å². The highest BCUT2D eigenvalue weighted by atomic mass is 16.1. The molecule has 0 heterocycles. The summed E-state index contributed by atoms with van der Waals surface area (Å²) in [5, 5.41) is 0. The first kappa shape index (κ1) is 14.2. The highest BCUT2D eigenvalue weighted by molar-refractivity contribution is 5.87. The highest BCUT2D eigenvalue weighted by Crippen LogP contribution is 2.44. The number of allylic oxidation sites excluding steroid dienone is 4. The Kier molecular flexibility index (Phi) is 6.25. The van der Waals surface area contributed by atoms with Crippen molar-refractivity contribution in [2.75, 3.05) is 0 Å². The molecule has 0 spiro atoms. The quantitative estimate of drug-likeness (QED) is 0.634. The second-order valence-corrected chi connectivity index (χ2v) is 5.01. The van der Waals surface area contributed by atoms with Crippen LogP contribution in [0.5, 0.6) is 0 Å². The summed E-state index contributed by atoms with van der Waals surface area (Å²) in [7, 11) is 0. The lowest BCUT2D eigenvalue weighted by molar-refractivity contribution is -0.112. The van der Waals surface area contributed by atoms with Crippen LogP contribution in [-0.4, -0.2) is 5.78 Å². The average Bonchev–Trinajstić information content (AvgIpc) is 2.73. The molecule has 0 aromatic rings. The number of rotatable bonds is 2. The topological polar surface area (TPSA) is 17.1 Å². The lowest BCUT2D eigenvalue weighted by atomic mass is 9.82. The molecule has 0 amide bonds. The largest absolute Gasteiger partial charge is 0.295 e. The Balaban J connectivity index is 0.000000686. The smallest absolute Gasteiger partial charge is 0.152 e. The molecule has 0 aromatic carbocycles. The van der Waals surface area contributed by atoms with Crippen molar-refractivity contribution in [3.63, 3.8) is 0 Å². The molecule has 0 N–H and O–H groups in total. The fraction of sp³-hybridized carbons (Fsp3) is 0.688. The molecule has 0 radical (unpaired) electrons. The molecule has 96 valence electrons. The maximum absolute atomic E-state index is 10.8. The van der Waals surface area contributed by atoms with Gasteiger partial charge >= 0.3 is 0 Å². The van der Waals surface area contributed by atoms with Gasteiger partial charge in [-0.15, -0.1) is 0 Å². The van der Waals surface area contributed by atoms with E-state index in [4.69, 9.17) is 0 Å². The number of carbonyl (C=O) groups is 1. The summed E-state index contributed by atoms with van der Waals surface area (Å²) in [6.45, 7) is 5.60. The number of ketones is 1. The van der Waals surface area contributed by atoms with E-state index in [1.807, 2.05) is 19.9 Å². The Morgan fingerprint density at radius 2 is 1.65 bits per heavy atom. The van der Waals surface area contributed by atoms with Gasteiger partial charge in [0.1, 0.15) is 0 Å². The van der Waals surface area contributed by atoms with Crippen molar-refractivity contribution in [3.8, 4) is 0 Å². The molecular formula is C16H26O. The molecule has 0 aliphatic heterocycles. The van der Waals surface area contributed by atoms with Gasteiger partial charge in [0.2, 0.25) is 0 Å². The Labute approximate surface area is 106 Å². The molecule has 2 aliphatic rings. The van der Waals surface area contributed by atoms with Crippen LogP contribution >= 0.6 is 0 Å². The number of hydrogen-bond acceptors (Lipinski definition) is 1. The Morgan fingerprint density at radius 1 is 1.12 bits per heavy atom. The van der Waals surface area contributed by atoms with Gasteiger partial charge in [-0.3, -0.25) is 4.79 Å². The van der Waals surface area contributed by atoms with Crippen LogP contribution in [0.1, 0.15) is 59.3 Å². The van der Waals surface area contributed by atoms with E-state index in [0.29, 0.717) is 0 Å². The van der Waals surface area contributed by atoms with Crippen LogP contribution in [0.15, 0.2) is 23.8 Å². The van der Waals surface area contributed by atoms with Gasteiger partial charge in [0, 0.05) is 0 Å². The second-order valence-electron chi connectivity index (χ2n) is 5.01. The normalized spacial score (nSPS) is 27.4. The van der Waals surface area contributed by atoms with Crippen molar-refractivity contribution in [2.45, 2.75) is 59.3 Å². The van der Waals surface area contributed by atoms with E-state index >= 15 is 0 Å². The molecule has 0 aromatic heterocycles. The molecule has 2 rings (SSSR count). The molecule has 0 saturated heterocycles. The summed E-state index contributed by atoms with van der Waals surface area (Å²) in [6, 6.07) is 0. The van der Waals surface area contributed by atoms with Crippen LogP contribution in [0.2, 0.25) is 0 Å². The first-order valence-corrected chi connectivity index (χ1v) is 7.12. The third-order valence-corrected chi connectivity index (χ3v) is 3.78. The molecule has 2 atom stereocenters. The second kappa shape index (κ2) is 7.47. The third-order valence-electron chi connectivity index (χ3n) is 3.78. The molecular weight excluding hydrogens is 208 g/mol. The van der Waals surface area contributed by atoms with Crippen LogP contribution in [-0.2, 0) is 4.79 Å². The van der Waals surface area contributed by atoms with Crippen molar-refractivity contribution in [2.24, 2.45) is 11.8 Å². The first-order chi connectivity index (χ1) is 8.25. The average molecular weight is 234 g/mol. The van der Waals surface area contributed by atoms with Crippen molar-refractivity contribution >= 4 is 5.78 Å². The van der Waals surface area contributed by atoms with Crippen LogP contribution < -0.4 is 0 Å². The summed E-state index contributed by atoms with van der Waals surface area (Å²) in [5.41, 5.74) is 1.56. The van der Waals surface area contributed by atoms with Crippen molar-refractivity contribution in [1.29, 1.82) is 0 Å². The van der Waals surface area contributed by atoms with Crippen LogP contribution in [0, 0.1) is 11.8 Å². The first-order valence-electron chi connectivity index (χ1n) is 7.12. The Morgan fingerprint density at radius 3 is 2.12 bits per heavy atom. The summed E-state index contributed by atoms with van der Waals surface area (Å²) in [6.07, 6.45) is 14.0. The van der Waals surface area contributed by atoms with Gasteiger partial charge in [-0.05, 0) is 50.5 Å². The summed E-state index contributed by atoms with van der Waals surface area (Å²) in [5.74, 6) is 2.05. The minimum Gasteiger partial charge on any atom is -0.295 e. The fourth-order valence-electron chi connectivity index (χ4n) is 3.03. The predicted molar refractivity (Wildman–Crippen MR) is 73.9 cm³/mol. The Bertz CT molecular complexity index is 283. The monoisotopic (exact) mass is 234 g/mol. The standard InChI is InChI=1S/C14H20O.C2H6/c1-11(15)5-4-6-12-9-13-7-2-3-8-14(13)10-12;1-2/h4-6,13-14H,2-3,7-10H2,1H3;1-2H3/b5-4+,12-6?;. The zero-order valence-corrected chi connectivity index (χ0v) is 11.5. The third kappa shape index (κ3) is 4.49. The zero-order chi connectivity index (χ0) is 12.7. The van der Waals surface area contributed by atoms with Gasteiger partial charge in [-0.25, -0.2) is 0 Å². The molecule has 2 aliphatic carbocycles. The minimum atomic E-state index is 0.141. The zero-order valence-electron chi connectivity index (χ0n) is 11.5. The van der Waals surface area contributed by atoms with Crippen LogP contribution in [0.3, 0.4) is 0 Å². The molecule has 2 fully saturated rings. The van der Waals surface area contributed by atoms with E-state index in [2.05, 4.69) is 6.08 Å². The van der Waals surface area contributed by atoms with E-state index in [1.54, 1.807) is 18.6 Å². The molecule has 0 bridgehead atoms. The summed E-state index contributed by atoms with van der Waals surface area (Å²) >= 11 is 0. The summed E-state index contributed by atoms with van der Waals surface area (Å²) in [4.78, 5) is 10.8. The lowest BCUT2D eigenvalue weighted by Gasteiger charge is -2.23. The lowest BCUT2D eigenvalue weighted by Crippen LogP contribution is -2.12. The highest BCUT2D eigenvalue weighted by Gasteiger charge is 2.31. The van der Waals surface area contributed by atoms with Crippen LogP contribution in [0.25, 0.3) is 0 Å². The summed E-state index contributed by atoms with van der Waals surface area (Å²) < 4.78 is 0. The van der Waals surface area contributed by atoms with E-state index < -0.39 is 0 Å². The van der Waals surface area contributed by atoms with Gasteiger partial charge in [-0.2, -0.15) is 0 Å². The van der Waals surface area contributed by atoms with Gasteiger partial charge in [0.15, 0.2) is 5.78 Å². The van der Waals surface area contributed by atoms with Crippen LogP contribution in [0.4, 0.5) is 0 Å². The maximum Gasteiger partial charge on any atom is 0.152 e. The van der Waals surface area contributed by atoms with Crippen molar-refractivity contribution in [1.82, 2.24) is 0 Å². The van der Waals surface area contributed by atoms with Gasteiger partial charge in [0.05, 0.1) is 0 Å². The number of fused-ring (bicyclic) bond motifs is 1. The van der Waals surface area contributed by atoms with Gasteiger partial charge in [-0.1, -0.05) is 44.4 Å². The minimum absolute atomic E-state index is 0.141.